The monoisotopic (exact) mass is 236 g/mol. The molecule has 3 N–H and O–H groups in total. The first-order valence-corrected chi connectivity index (χ1v) is 6.10. The van der Waals surface area contributed by atoms with E-state index in [1.165, 1.54) is 5.56 Å². The Morgan fingerprint density at radius 3 is 3.00 bits per heavy atom. The standard InChI is InChI=1S/C13H20N2O2/c1-10(14)3-2-6-15-8-11-4-5-12-13(7-11)17-9-16-12/h4-5,7,10,15H,2-3,6,8-9,14H2,1H3. The zero-order valence-corrected chi connectivity index (χ0v) is 10.2. The molecule has 0 aromatic heterocycles. The molecule has 0 radical (unpaired) electrons. The topological polar surface area (TPSA) is 56.5 Å². The van der Waals surface area contributed by atoms with Gasteiger partial charge in [-0.15, -0.1) is 0 Å². The van der Waals surface area contributed by atoms with Crippen LogP contribution in [0.1, 0.15) is 25.3 Å². The van der Waals surface area contributed by atoms with E-state index in [9.17, 15) is 0 Å². The van der Waals surface area contributed by atoms with E-state index in [0.29, 0.717) is 12.8 Å². The van der Waals surface area contributed by atoms with Crippen molar-refractivity contribution in [3.8, 4) is 11.5 Å². The highest BCUT2D eigenvalue weighted by Gasteiger charge is 2.12. The fraction of sp³-hybridized carbons (Fsp3) is 0.538. The number of nitrogens with one attached hydrogen (secondary N) is 1. The predicted molar refractivity (Wildman–Crippen MR) is 67.2 cm³/mol. The second-order valence-electron chi connectivity index (χ2n) is 4.48. The molecule has 0 amide bonds. The molecule has 0 bridgehead atoms. The van der Waals surface area contributed by atoms with Crippen molar-refractivity contribution in [1.82, 2.24) is 5.32 Å². The summed E-state index contributed by atoms with van der Waals surface area (Å²) >= 11 is 0. The van der Waals surface area contributed by atoms with Crippen LogP contribution in [0.25, 0.3) is 0 Å². The summed E-state index contributed by atoms with van der Waals surface area (Å²) in [6.45, 7) is 4.23. The smallest absolute Gasteiger partial charge is 0.231 e. The molecule has 1 aromatic rings. The molecular formula is C13H20N2O2. The minimum absolute atomic E-state index is 0.294. The average molecular weight is 236 g/mol. The Kier molecular flexibility index (Phi) is 4.23. The Morgan fingerprint density at radius 1 is 1.35 bits per heavy atom. The largest absolute Gasteiger partial charge is 0.454 e. The Bertz CT molecular complexity index is 366. The van der Waals surface area contributed by atoms with Crippen molar-refractivity contribution in [1.29, 1.82) is 0 Å². The molecule has 1 unspecified atom stereocenters. The second-order valence-corrected chi connectivity index (χ2v) is 4.48. The minimum atomic E-state index is 0.294. The third-order valence-corrected chi connectivity index (χ3v) is 2.78. The highest BCUT2D eigenvalue weighted by Crippen LogP contribution is 2.32. The number of rotatable bonds is 6. The predicted octanol–water partition coefficient (Wildman–Crippen LogP) is 1.63. The number of benzene rings is 1. The van der Waals surface area contributed by atoms with Gasteiger partial charge in [0.05, 0.1) is 0 Å². The van der Waals surface area contributed by atoms with E-state index >= 15 is 0 Å². The van der Waals surface area contributed by atoms with Crippen LogP contribution >= 0.6 is 0 Å². The first kappa shape index (κ1) is 12.2. The minimum Gasteiger partial charge on any atom is -0.454 e. The van der Waals surface area contributed by atoms with Crippen LogP contribution in [0.3, 0.4) is 0 Å². The van der Waals surface area contributed by atoms with Gasteiger partial charge in [-0.2, -0.15) is 0 Å². The van der Waals surface area contributed by atoms with Gasteiger partial charge in [-0.05, 0) is 44.0 Å². The molecule has 94 valence electrons. The normalized spacial score (nSPS) is 14.9. The van der Waals surface area contributed by atoms with Crippen LogP contribution in [0.15, 0.2) is 18.2 Å². The summed E-state index contributed by atoms with van der Waals surface area (Å²) in [5, 5.41) is 3.40. The van der Waals surface area contributed by atoms with E-state index in [1.54, 1.807) is 0 Å². The van der Waals surface area contributed by atoms with E-state index in [1.807, 2.05) is 19.1 Å². The summed E-state index contributed by atoms with van der Waals surface area (Å²) in [7, 11) is 0. The number of nitrogens with two attached hydrogens (primary N) is 1. The SMILES string of the molecule is CC(N)CCCNCc1ccc2c(c1)OCO2. The van der Waals surface area contributed by atoms with Crippen molar-refractivity contribution in [3.63, 3.8) is 0 Å². The summed E-state index contributed by atoms with van der Waals surface area (Å²) < 4.78 is 10.6. The summed E-state index contributed by atoms with van der Waals surface area (Å²) in [6.07, 6.45) is 2.18. The number of fused-ring (bicyclic) bond motifs is 1. The van der Waals surface area contributed by atoms with Crippen LogP contribution in [0.5, 0.6) is 11.5 Å². The van der Waals surface area contributed by atoms with E-state index in [0.717, 1.165) is 37.4 Å². The lowest BCUT2D eigenvalue weighted by molar-refractivity contribution is 0.174. The zero-order valence-electron chi connectivity index (χ0n) is 10.2. The van der Waals surface area contributed by atoms with Gasteiger partial charge in [-0.3, -0.25) is 0 Å². The molecule has 0 fully saturated rings. The maximum absolute atomic E-state index is 5.69. The van der Waals surface area contributed by atoms with Crippen molar-refractivity contribution >= 4 is 0 Å². The maximum atomic E-state index is 5.69. The number of hydrogen-bond donors (Lipinski definition) is 2. The van der Waals surface area contributed by atoms with Gasteiger partial charge in [0, 0.05) is 12.6 Å². The van der Waals surface area contributed by atoms with Gasteiger partial charge < -0.3 is 20.5 Å². The number of hydrogen-bond acceptors (Lipinski definition) is 4. The van der Waals surface area contributed by atoms with Crippen LogP contribution in [0, 0.1) is 0 Å². The van der Waals surface area contributed by atoms with Crippen LogP contribution in [-0.2, 0) is 6.54 Å². The summed E-state index contributed by atoms with van der Waals surface area (Å²) in [6, 6.07) is 6.34. The third-order valence-electron chi connectivity index (χ3n) is 2.78. The second kappa shape index (κ2) is 5.89. The zero-order chi connectivity index (χ0) is 12.1. The fourth-order valence-corrected chi connectivity index (χ4v) is 1.83. The molecule has 1 aromatic carbocycles. The highest BCUT2D eigenvalue weighted by molar-refractivity contribution is 5.44. The lowest BCUT2D eigenvalue weighted by Gasteiger charge is -2.07. The Labute approximate surface area is 102 Å². The molecule has 4 heteroatoms. The summed E-state index contributed by atoms with van der Waals surface area (Å²) in [4.78, 5) is 0. The van der Waals surface area contributed by atoms with Gasteiger partial charge in [0.25, 0.3) is 0 Å². The van der Waals surface area contributed by atoms with Crippen molar-refractivity contribution in [2.75, 3.05) is 13.3 Å². The molecule has 1 aliphatic heterocycles. The van der Waals surface area contributed by atoms with Gasteiger partial charge >= 0.3 is 0 Å². The summed E-state index contributed by atoms with van der Waals surface area (Å²) in [5.74, 6) is 1.69. The first-order valence-electron chi connectivity index (χ1n) is 6.10. The molecule has 0 saturated carbocycles. The van der Waals surface area contributed by atoms with E-state index in [-0.39, 0.29) is 0 Å². The molecule has 0 spiro atoms. The van der Waals surface area contributed by atoms with Crippen molar-refractivity contribution in [3.05, 3.63) is 23.8 Å². The summed E-state index contributed by atoms with van der Waals surface area (Å²) in [5.41, 5.74) is 6.91. The first-order chi connectivity index (χ1) is 8.25. The Morgan fingerprint density at radius 2 is 2.18 bits per heavy atom. The number of ether oxygens (including phenoxy) is 2. The molecule has 2 rings (SSSR count). The van der Waals surface area contributed by atoms with Crippen LogP contribution in [-0.4, -0.2) is 19.4 Å². The van der Waals surface area contributed by atoms with Gasteiger partial charge in [0.15, 0.2) is 11.5 Å². The molecule has 4 nitrogen and oxygen atoms in total. The van der Waals surface area contributed by atoms with Crippen LogP contribution in [0.4, 0.5) is 0 Å². The molecule has 1 aliphatic rings. The van der Waals surface area contributed by atoms with Gasteiger partial charge in [0.1, 0.15) is 0 Å². The van der Waals surface area contributed by atoms with Crippen molar-refractivity contribution in [2.45, 2.75) is 32.4 Å². The molecule has 0 saturated heterocycles. The fourth-order valence-electron chi connectivity index (χ4n) is 1.83. The Hall–Kier alpha value is -1.26. The Balaban J connectivity index is 1.72. The average Bonchev–Trinajstić information content (AvgIpc) is 2.75. The van der Waals surface area contributed by atoms with Crippen molar-refractivity contribution in [2.24, 2.45) is 5.73 Å². The lowest BCUT2D eigenvalue weighted by Crippen LogP contribution is -2.19. The van der Waals surface area contributed by atoms with Crippen molar-refractivity contribution < 1.29 is 9.47 Å². The molecule has 0 aliphatic carbocycles. The maximum Gasteiger partial charge on any atom is 0.231 e. The molecular weight excluding hydrogens is 216 g/mol. The van der Waals surface area contributed by atoms with E-state index in [4.69, 9.17) is 15.2 Å². The molecule has 1 heterocycles. The van der Waals surface area contributed by atoms with E-state index in [2.05, 4.69) is 11.4 Å². The van der Waals surface area contributed by atoms with Crippen LogP contribution < -0.4 is 20.5 Å². The van der Waals surface area contributed by atoms with Gasteiger partial charge in [0.2, 0.25) is 6.79 Å². The molecule has 1 atom stereocenters. The highest BCUT2D eigenvalue weighted by atomic mass is 16.7. The molecule has 17 heavy (non-hydrogen) atoms. The quantitative estimate of drug-likeness (QED) is 0.737. The van der Waals surface area contributed by atoms with Crippen LogP contribution in [0.2, 0.25) is 0 Å². The van der Waals surface area contributed by atoms with Gasteiger partial charge in [-0.1, -0.05) is 6.07 Å². The lowest BCUT2D eigenvalue weighted by atomic mass is 10.2. The van der Waals surface area contributed by atoms with Gasteiger partial charge in [-0.25, -0.2) is 0 Å². The third kappa shape index (κ3) is 3.61. The van der Waals surface area contributed by atoms with E-state index < -0.39 is 0 Å².